The molecule has 182 valence electrons. The first-order valence-electron chi connectivity index (χ1n) is 10.5. The van der Waals surface area contributed by atoms with E-state index in [1.807, 2.05) is 13.8 Å². The lowest BCUT2D eigenvalue weighted by molar-refractivity contribution is -0.114. The van der Waals surface area contributed by atoms with E-state index in [4.69, 9.17) is 16.6 Å². The van der Waals surface area contributed by atoms with Crippen molar-refractivity contribution >= 4 is 44.2 Å². The number of nitrogens with zero attached hydrogens (tertiary/aromatic N) is 1. The number of anilines is 2. The number of alkyl halides is 2. The van der Waals surface area contributed by atoms with E-state index in [0.717, 1.165) is 12.6 Å². The number of nitrogens with two attached hydrogens (primary N) is 1. The van der Waals surface area contributed by atoms with Crippen molar-refractivity contribution in [3.05, 3.63) is 66.4 Å². The lowest BCUT2D eigenvalue weighted by Gasteiger charge is -2.16. The highest BCUT2D eigenvalue weighted by molar-refractivity contribution is 7.17. The molecule has 34 heavy (non-hydrogen) atoms. The molecule has 0 spiro atoms. The third-order valence-corrected chi connectivity index (χ3v) is 4.39. The second-order valence-electron chi connectivity index (χ2n) is 6.94. The summed E-state index contributed by atoms with van der Waals surface area (Å²) in [4.78, 5) is 14.6. The number of carbonyl (C=O) groups excluding carboxylic acids is 1. The number of hydrogen-bond acceptors (Lipinski definition) is 7. The van der Waals surface area contributed by atoms with Gasteiger partial charge in [0.1, 0.15) is 11.6 Å². The van der Waals surface area contributed by atoms with Crippen LogP contribution < -0.4 is 15.8 Å². The molecule has 0 saturated heterocycles. The van der Waals surface area contributed by atoms with Gasteiger partial charge in [-0.05, 0) is 64.6 Å². The Balaban J connectivity index is 0.000000718. The lowest BCUT2D eigenvalue weighted by Crippen LogP contribution is -2.14. The fourth-order valence-corrected chi connectivity index (χ4v) is 2.84. The molecule has 1 atom stereocenters. The zero-order valence-corrected chi connectivity index (χ0v) is 20.4. The zero-order valence-electron chi connectivity index (χ0n) is 19.2. The molecule has 0 fully saturated rings. The van der Waals surface area contributed by atoms with Crippen molar-refractivity contribution < 1.29 is 18.3 Å². The number of nitrogens with one attached hydrogen (secondary N) is 3. The quantitative estimate of drug-likeness (QED) is 0.178. The van der Waals surface area contributed by atoms with Crippen LogP contribution in [0.1, 0.15) is 44.2 Å². The lowest BCUT2D eigenvalue weighted by atomic mass is 10.00. The van der Waals surface area contributed by atoms with Crippen LogP contribution in [0.15, 0.2) is 55.3 Å². The molecule has 7 nitrogen and oxygen atoms in total. The topological polar surface area (TPSA) is 125 Å². The van der Waals surface area contributed by atoms with Crippen LogP contribution >= 0.6 is 9.24 Å². The zero-order chi connectivity index (χ0) is 25.7. The molecule has 0 radical (unpaired) electrons. The van der Waals surface area contributed by atoms with Crippen molar-refractivity contribution in [3.8, 4) is 5.75 Å². The van der Waals surface area contributed by atoms with Crippen LogP contribution in [0.25, 0.3) is 5.70 Å². The Morgan fingerprint density at radius 1 is 1.29 bits per heavy atom. The molecular formula is C24H30F2N5O2P. The van der Waals surface area contributed by atoms with Crippen molar-refractivity contribution in [2.45, 2.75) is 39.0 Å². The largest absolute Gasteiger partial charge is 0.430 e. The molecule has 1 aromatic carbocycles. The average Bonchev–Trinajstić information content (AvgIpc) is 2.79. The Morgan fingerprint density at radius 2 is 1.94 bits per heavy atom. The molecule has 2 rings (SSSR count). The van der Waals surface area contributed by atoms with Gasteiger partial charge in [-0.25, -0.2) is 4.98 Å². The molecule has 10 heteroatoms. The van der Waals surface area contributed by atoms with Gasteiger partial charge in [0.15, 0.2) is 5.78 Å². The maximum Gasteiger partial charge on any atom is 0.408 e. The van der Waals surface area contributed by atoms with E-state index in [9.17, 15) is 13.6 Å². The van der Waals surface area contributed by atoms with E-state index >= 15 is 0 Å². The third-order valence-electron chi connectivity index (χ3n) is 4.28. The maximum absolute atomic E-state index is 12.9. The number of carbonyl (C=O) groups is 1. The smallest absolute Gasteiger partial charge is 0.408 e. The first-order chi connectivity index (χ1) is 16.1. The van der Waals surface area contributed by atoms with E-state index in [0.29, 0.717) is 46.9 Å². The molecule has 2 aromatic rings. The fourth-order valence-electron chi connectivity index (χ4n) is 2.71. The predicted molar refractivity (Wildman–Crippen MR) is 137 cm³/mol. The average molecular weight is 490 g/mol. The van der Waals surface area contributed by atoms with Gasteiger partial charge in [-0.2, -0.15) is 8.78 Å². The van der Waals surface area contributed by atoms with Crippen molar-refractivity contribution in [1.29, 1.82) is 10.8 Å². The number of allylic oxidation sites excluding steroid dienone is 2. The van der Waals surface area contributed by atoms with Gasteiger partial charge in [-0.3, -0.25) is 4.79 Å². The number of halogens is 2. The molecule has 0 saturated carbocycles. The Hall–Kier alpha value is -3.45. The summed E-state index contributed by atoms with van der Waals surface area (Å²) in [6.07, 6.45) is 7.43. The number of pyridine rings is 1. The summed E-state index contributed by atoms with van der Waals surface area (Å²) in [5.74, 6) is -2.78. The summed E-state index contributed by atoms with van der Waals surface area (Å²) < 4.78 is 30.2. The van der Waals surface area contributed by atoms with Gasteiger partial charge in [0, 0.05) is 47.1 Å². The number of rotatable bonds is 11. The summed E-state index contributed by atoms with van der Waals surface area (Å²) in [5.41, 5.74) is 8.37. The summed E-state index contributed by atoms with van der Waals surface area (Å²) in [5, 5.41) is 18.5. The number of aromatic nitrogens is 1. The van der Waals surface area contributed by atoms with Crippen LogP contribution in [0, 0.1) is 10.8 Å². The number of benzene rings is 1. The minimum absolute atomic E-state index is 0.0157. The van der Waals surface area contributed by atoms with E-state index in [1.165, 1.54) is 33.5 Å². The predicted octanol–water partition coefficient (Wildman–Crippen LogP) is 5.90. The minimum Gasteiger partial charge on any atom is -0.430 e. The van der Waals surface area contributed by atoms with E-state index in [-0.39, 0.29) is 11.5 Å². The van der Waals surface area contributed by atoms with Crippen LogP contribution in [-0.2, 0) is 4.79 Å². The van der Waals surface area contributed by atoms with Crippen LogP contribution in [0.2, 0.25) is 0 Å². The molecule has 0 aliphatic rings. The fraction of sp³-hybridized carbons (Fsp3) is 0.250. The first-order valence-corrected chi connectivity index (χ1v) is 11.0. The molecule has 1 aromatic heterocycles. The number of hydrogen-bond donors (Lipinski definition) is 4. The second-order valence-corrected chi connectivity index (χ2v) is 7.61. The summed E-state index contributed by atoms with van der Waals surface area (Å²) in [6.45, 7) is 7.15. The van der Waals surface area contributed by atoms with Crippen molar-refractivity contribution in [2.24, 2.45) is 5.73 Å². The highest BCUT2D eigenvalue weighted by atomic mass is 31.0. The SMILES string of the molecule is C=CC(=O)CCC.CCC(=N)c1c(/C(N)=C/C=N)ccnc1Nc1ccc(OC(F)(F)P)cc1. The molecular weight excluding hydrogens is 459 g/mol. The first kappa shape index (κ1) is 28.6. The van der Waals surface area contributed by atoms with Crippen LogP contribution in [-0.4, -0.2) is 28.5 Å². The normalized spacial score (nSPS) is 11.0. The standard InChI is InChI=1S/C18H20F2N5OP.C6H10O/c1-2-14(22)16-13(15(23)7-9-21)8-10-24-17(16)25-11-3-5-12(6-4-11)26-18(19,20)27;1-3-5-6(7)4-2/h3-10,21-22H,2,23,27H2,1H3,(H,24,25);4H,2-3,5H2,1H3/b15-7-,21-9?,22-14?;. The van der Waals surface area contributed by atoms with Gasteiger partial charge in [0.25, 0.3) is 0 Å². The van der Waals surface area contributed by atoms with Gasteiger partial charge in [0.05, 0.1) is 0 Å². The third kappa shape index (κ3) is 9.58. The highest BCUT2D eigenvalue weighted by Crippen LogP contribution is 2.30. The maximum atomic E-state index is 12.9. The van der Waals surface area contributed by atoms with Gasteiger partial charge in [-0.15, -0.1) is 0 Å². The summed E-state index contributed by atoms with van der Waals surface area (Å²) in [6, 6.07) is 7.61. The van der Waals surface area contributed by atoms with Crippen LogP contribution in [0.4, 0.5) is 20.3 Å². The van der Waals surface area contributed by atoms with Crippen LogP contribution in [0.5, 0.6) is 5.75 Å². The van der Waals surface area contributed by atoms with E-state index < -0.39 is 5.85 Å². The van der Waals surface area contributed by atoms with Crippen molar-refractivity contribution in [2.75, 3.05) is 5.32 Å². The molecule has 0 aliphatic carbocycles. The van der Waals surface area contributed by atoms with Crippen LogP contribution in [0.3, 0.4) is 0 Å². The molecule has 5 N–H and O–H groups in total. The van der Waals surface area contributed by atoms with Gasteiger partial charge in [0.2, 0.25) is 0 Å². The molecule has 0 amide bonds. The van der Waals surface area contributed by atoms with Gasteiger partial charge in [-0.1, -0.05) is 20.4 Å². The highest BCUT2D eigenvalue weighted by Gasteiger charge is 2.23. The number of ketones is 1. The Bertz CT molecular complexity index is 1030. The summed E-state index contributed by atoms with van der Waals surface area (Å²) in [7, 11) is 1.31. The molecule has 0 aliphatic heterocycles. The van der Waals surface area contributed by atoms with E-state index in [1.54, 1.807) is 24.4 Å². The van der Waals surface area contributed by atoms with Crippen molar-refractivity contribution in [1.82, 2.24) is 4.98 Å². The van der Waals surface area contributed by atoms with E-state index in [2.05, 4.69) is 21.6 Å². The second kappa shape index (κ2) is 14.0. The molecule has 0 bridgehead atoms. The minimum atomic E-state index is -3.34. The van der Waals surface area contributed by atoms with Gasteiger partial charge < -0.3 is 26.6 Å². The Kier molecular flexibility index (Phi) is 11.7. The Labute approximate surface area is 200 Å². The molecule has 1 heterocycles. The number of ether oxygens (including phenoxy) is 1. The Morgan fingerprint density at radius 3 is 2.41 bits per heavy atom. The summed E-state index contributed by atoms with van der Waals surface area (Å²) >= 11 is 0. The molecule has 1 unspecified atom stereocenters. The van der Waals surface area contributed by atoms with Gasteiger partial charge >= 0.3 is 5.85 Å². The monoisotopic (exact) mass is 489 g/mol. The van der Waals surface area contributed by atoms with Crippen molar-refractivity contribution in [3.63, 3.8) is 0 Å².